The van der Waals surface area contributed by atoms with Crippen molar-refractivity contribution in [2.45, 2.75) is 6.92 Å². The van der Waals surface area contributed by atoms with Crippen molar-refractivity contribution in [1.29, 1.82) is 0 Å². The summed E-state index contributed by atoms with van der Waals surface area (Å²) in [4.78, 5) is 14.0. The van der Waals surface area contributed by atoms with Gasteiger partial charge in [0.15, 0.2) is 0 Å². The van der Waals surface area contributed by atoms with Crippen LogP contribution in [0.2, 0.25) is 0 Å². The quantitative estimate of drug-likeness (QED) is 0.707. The zero-order valence-corrected chi connectivity index (χ0v) is 15.5. The first-order valence-corrected chi connectivity index (χ1v) is 8.59. The smallest absolute Gasteiger partial charge is 0.238 e. The van der Waals surface area contributed by atoms with E-state index in [1.54, 1.807) is 7.11 Å². The Morgan fingerprint density at radius 3 is 2.12 bits per heavy atom. The average Bonchev–Trinajstić information content (AvgIpc) is 2.64. The van der Waals surface area contributed by atoms with E-state index < -0.39 is 0 Å². The average molecular weight is 358 g/mol. The summed E-state index contributed by atoms with van der Waals surface area (Å²) in [6.45, 7) is 4.02. The Kier molecular flexibility index (Phi) is 7.76. The summed E-state index contributed by atoms with van der Waals surface area (Å²) < 4.78 is 16.2. The predicted octanol–water partition coefficient (Wildman–Crippen LogP) is 3.04. The van der Waals surface area contributed by atoms with E-state index >= 15 is 0 Å². The maximum atomic E-state index is 12.1. The second-order valence-corrected chi connectivity index (χ2v) is 5.77. The number of anilines is 1. The molecule has 1 amide bonds. The van der Waals surface area contributed by atoms with Gasteiger partial charge in [-0.05, 0) is 62.5 Å². The minimum absolute atomic E-state index is 0.0706. The SMILES string of the molecule is CCOc1ccc(OCCN(C)CC(=O)Nc2ccc(OC)cc2)cc1. The van der Waals surface area contributed by atoms with Gasteiger partial charge < -0.3 is 19.5 Å². The lowest BCUT2D eigenvalue weighted by atomic mass is 10.3. The minimum Gasteiger partial charge on any atom is -0.497 e. The van der Waals surface area contributed by atoms with Gasteiger partial charge >= 0.3 is 0 Å². The second-order valence-electron chi connectivity index (χ2n) is 5.77. The zero-order chi connectivity index (χ0) is 18.8. The number of methoxy groups -OCH3 is 1. The van der Waals surface area contributed by atoms with E-state index in [4.69, 9.17) is 14.2 Å². The molecule has 6 heteroatoms. The first-order valence-electron chi connectivity index (χ1n) is 8.59. The summed E-state index contributed by atoms with van der Waals surface area (Å²) in [7, 11) is 3.49. The molecule has 2 rings (SSSR count). The van der Waals surface area contributed by atoms with Crippen LogP contribution in [0.25, 0.3) is 0 Å². The van der Waals surface area contributed by atoms with Crippen molar-refractivity contribution in [1.82, 2.24) is 4.90 Å². The molecule has 0 bridgehead atoms. The molecule has 0 aromatic heterocycles. The van der Waals surface area contributed by atoms with Gasteiger partial charge in [0.1, 0.15) is 23.9 Å². The maximum Gasteiger partial charge on any atom is 0.238 e. The number of amides is 1. The van der Waals surface area contributed by atoms with Gasteiger partial charge in [0.05, 0.1) is 20.3 Å². The Morgan fingerprint density at radius 1 is 0.962 bits per heavy atom. The fourth-order valence-corrected chi connectivity index (χ4v) is 2.32. The van der Waals surface area contributed by atoms with Gasteiger partial charge in [0.25, 0.3) is 0 Å². The van der Waals surface area contributed by atoms with Gasteiger partial charge in [-0.25, -0.2) is 0 Å². The van der Waals surface area contributed by atoms with Crippen LogP contribution in [0.4, 0.5) is 5.69 Å². The van der Waals surface area contributed by atoms with Crippen LogP contribution in [-0.4, -0.2) is 51.3 Å². The van der Waals surface area contributed by atoms with Gasteiger partial charge in [0, 0.05) is 12.2 Å². The number of hydrogen-bond donors (Lipinski definition) is 1. The van der Waals surface area contributed by atoms with Gasteiger partial charge in [0.2, 0.25) is 5.91 Å². The standard InChI is InChI=1S/C20H26N2O4/c1-4-25-18-9-11-19(12-10-18)26-14-13-22(2)15-20(23)21-16-5-7-17(24-3)8-6-16/h5-12H,4,13-15H2,1-3H3,(H,21,23). The molecule has 26 heavy (non-hydrogen) atoms. The Labute approximate surface area is 154 Å². The Bertz CT molecular complexity index is 671. The first-order chi connectivity index (χ1) is 12.6. The minimum atomic E-state index is -0.0706. The Balaban J connectivity index is 1.68. The van der Waals surface area contributed by atoms with E-state index in [0.29, 0.717) is 26.3 Å². The molecule has 0 saturated heterocycles. The van der Waals surface area contributed by atoms with E-state index in [1.807, 2.05) is 67.4 Å². The topological polar surface area (TPSA) is 60.0 Å². The van der Waals surface area contributed by atoms with Crippen LogP contribution >= 0.6 is 0 Å². The highest BCUT2D eigenvalue weighted by atomic mass is 16.5. The number of carbonyl (C=O) groups is 1. The van der Waals surface area contributed by atoms with Crippen LogP contribution in [0.15, 0.2) is 48.5 Å². The highest BCUT2D eigenvalue weighted by molar-refractivity contribution is 5.92. The lowest BCUT2D eigenvalue weighted by Gasteiger charge is -2.17. The van der Waals surface area contributed by atoms with Crippen molar-refractivity contribution in [2.75, 3.05) is 45.8 Å². The Morgan fingerprint density at radius 2 is 1.54 bits per heavy atom. The number of rotatable bonds is 10. The number of nitrogens with one attached hydrogen (secondary N) is 1. The molecular formula is C20H26N2O4. The zero-order valence-electron chi connectivity index (χ0n) is 15.5. The van der Waals surface area contributed by atoms with Crippen LogP contribution in [0.1, 0.15) is 6.92 Å². The van der Waals surface area contributed by atoms with Crippen LogP contribution in [-0.2, 0) is 4.79 Å². The summed E-state index contributed by atoms with van der Waals surface area (Å²) in [6.07, 6.45) is 0. The van der Waals surface area contributed by atoms with Crippen molar-refractivity contribution >= 4 is 11.6 Å². The lowest BCUT2D eigenvalue weighted by Crippen LogP contribution is -2.33. The third kappa shape index (κ3) is 6.64. The van der Waals surface area contributed by atoms with E-state index in [9.17, 15) is 4.79 Å². The third-order valence-electron chi connectivity index (χ3n) is 3.66. The molecule has 0 heterocycles. The van der Waals surface area contributed by atoms with E-state index in [-0.39, 0.29) is 5.91 Å². The molecule has 0 radical (unpaired) electrons. The highest BCUT2D eigenvalue weighted by Gasteiger charge is 2.07. The van der Waals surface area contributed by atoms with E-state index in [2.05, 4.69) is 5.32 Å². The summed E-state index contributed by atoms with van der Waals surface area (Å²) in [6, 6.07) is 14.8. The predicted molar refractivity (Wildman–Crippen MR) is 102 cm³/mol. The fraction of sp³-hybridized carbons (Fsp3) is 0.350. The molecule has 2 aromatic rings. The molecule has 0 aliphatic rings. The molecule has 0 unspecified atom stereocenters. The van der Waals surface area contributed by atoms with Gasteiger partial charge in [-0.15, -0.1) is 0 Å². The number of likely N-dealkylation sites (N-methyl/N-ethyl adjacent to an activating group) is 1. The number of nitrogens with zero attached hydrogens (tertiary/aromatic N) is 1. The number of carbonyl (C=O) groups excluding carboxylic acids is 1. The van der Waals surface area contributed by atoms with Crippen LogP contribution in [0.5, 0.6) is 17.2 Å². The molecule has 0 aliphatic heterocycles. The molecular weight excluding hydrogens is 332 g/mol. The van der Waals surface area contributed by atoms with Crippen molar-refractivity contribution < 1.29 is 19.0 Å². The van der Waals surface area contributed by atoms with Crippen molar-refractivity contribution in [3.05, 3.63) is 48.5 Å². The van der Waals surface area contributed by atoms with Crippen molar-refractivity contribution in [3.63, 3.8) is 0 Å². The number of ether oxygens (including phenoxy) is 3. The third-order valence-corrected chi connectivity index (χ3v) is 3.66. The molecule has 6 nitrogen and oxygen atoms in total. The van der Waals surface area contributed by atoms with Crippen LogP contribution < -0.4 is 19.5 Å². The van der Waals surface area contributed by atoms with E-state index in [1.165, 1.54) is 0 Å². The largest absolute Gasteiger partial charge is 0.497 e. The molecule has 1 N–H and O–H groups in total. The molecule has 0 aliphatic carbocycles. The molecule has 140 valence electrons. The van der Waals surface area contributed by atoms with Crippen molar-refractivity contribution in [2.24, 2.45) is 0 Å². The van der Waals surface area contributed by atoms with E-state index in [0.717, 1.165) is 22.9 Å². The maximum absolute atomic E-state index is 12.1. The molecule has 0 atom stereocenters. The summed E-state index contributed by atoms with van der Waals surface area (Å²) in [5.74, 6) is 2.29. The molecule has 0 spiro atoms. The van der Waals surface area contributed by atoms with Gasteiger partial charge in [-0.3, -0.25) is 9.69 Å². The van der Waals surface area contributed by atoms with Crippen molar-refractivity contribution in [3.8, 4) is 17.2 Å². The van der Waals surface area contributed by atoms with Crippen LogP contribution in [0.3, 0.4) is 0 Å². The number of benzene rings is 2. The Hall–Kier alpha value is -2.73. The summed E-state index contributed by atoms with van der Waals surface area (Å²) in [5, 5.41) is 2.86. The molecule has 2 aromatic carbocycles. The number of hydrogen-bond acceptors (Lipinski definition) is 5. The van der Waals surface area contributed by atoms with Gasteiger partial charge in [-0.1, -0.05) is 0 Å². The summed E-state index contributed by atoms with van der Waals surface area (Å²) in [5.41, 5.74) is 0.745. The molecule has 0 saturated carbocycles. The highest BCUT2D eigenvalue weighted by Crippen LogP contribution is 2.17. The first kappa shape index (κ1) is 19.6. The lowest BCUT2D eigenvalue weighted by molar-refractivity contribution is -0.117. The molecule has 0 fully saturated rings. The van der Waals surface area contributed by atoms with Crippen LogP contribution in [0, 0.1) is 0 Å². The monoisotopic (exact) mass is 358 g/mol. The normalized spacial score (nSPS) is 10.5. The second kappa shape index (κ2) is 10.3. The van der Waals surface area contributed by atoms with Gasteiger partial charge in [-0.2, -0.15) is 0 Å². The fourth-order valence-electron chi connectivity index (χ4n) is 2.32. The summed E-state index contributed by atoms with van der Waals surface area (Å²) >= 11 is 0.